The van der Waals surface area contributed by atoms with Gasteiger partial charge >= 0.3 is 0 Å². The second kappa shape index (κ2) is 7.18. The molecule has 2 heterocycles. The second-order valence-electron chi connectivity index (χ2n) is 6.37. The fraction of sp³-hybridized carbons (Fsp3) is 0.412. The predicted molar refractivity (Wildman–Crippen MR) is 95.0 cm³/mol. The topological polar surface area (TPSA) is 110 Å². The van der Waals surface area contributed by atoms with Gasteiger partial charge in [0, 0.05) is 43.9 Å². The molecule has 0 aliphatic carbocycles. The molecule has 9 heteroatoms. The molecule has 3 rings (SSSR count). The van der Waals surface area contributed by atoms with E-state index in [1.165, 1.54) is 28.6 Å². The highest BCUT2D eigenvalue weighted by Gasteiger charge is 2.29. The van der Waals surface area contributed by atoms with Crippen molar-refractivity contribution in [1.29, 1.82) is 0 Å². The Balaban J connectivity index is 1.66. The molecule has 1 aliphatic heterocycles. The first-order valence-electron chi connectivity index (χ1n) is 8.33. The predicted octanol–water partition coefficient (Wildman–Crippen LogP) is 0.897. The third kappa shape index (κ3) is 3.64. The van der Waals surface area contributed by atoms with E-state index in [9.17, 15) is 13.2 Å². The number of amides is 1. The van der Waals surface area contributed by atoms with Crippen LogP contribution < -0.4 is 5.73 Å². The van der Waals surface area contributed by atoms with Crippen molar-refractivity contribution in [2.45, 2.75) is 25.3 Å². The van der Waals surface area contributed by atoms with Gasteiger partial charge in [-0.3, -0.25) is 9.69 Å². The lowest BCUT2D eigenvalue weighted by Crippen LogP contribution is -2.48. The molecule has 0 atom stereocenters. The highest BCUT2D eigenvalue weighted by molar-refractivity contribution is 7.89. The standard InChI is InChI=1S/C17H22N4O4S/c1-12-16(13(2)25-19-12)11-20-7-9-21(10-8-20)26(23,24)15-5-3-14(4-6-15)17(18)22/h3-6H,7-11H2,1-2H3,(H2,18,22). The summed E-state index contributed by atoms with van der Waals surface area (Å²) in [6.45, 7) is 6.55. The van der Waals surface area contributed by atoms with Crippen molar-refractivity contribution in [3.63, 3.8) is 0 Å². The third-order valence-corrected chi connectivity index (χ3v) is 6.58. The number of piperazine rings is 1. The van der Waals surface area contributed by atoms with Gasteiger partial charge in [-0.1, -0.05) is 5.16 Å². The fourth-order valence-electron chi connectivity index (χ4n) is 3.02. The molecule has 2 aromatic rings. The van der Waals surface area contributed by atoms with Crippen molar-refractivity contribution in [1.82, 2.24) is 14.4 Å². The van der Waals surface area contributed by atoms with Gasteiger partial charge in [0.25, 0.3) is 0 Å². The Hall–Kier alpha value is -2.23. The van der Waals surface area contributed by atoms with Crippen molar-refractivity contribution < 1.29 is 17.7 Å². The molecule has 8 nitrogen and oxygen atoms in total. The van der Waals surface area contributed by atoms with E-state index < -0.39 is 15.9 Å². The van der Waals surface area contributed by atoms with Crippen LogP contribution in [0.3, 0.4) is 0 Å². The zero-order valence-corrected chi connectivity index (χ0v) is 15.6. The van der Waals surface area contributed by atoms with Crippen LogP contribution in [0.1, 0.15) is 27.4 Å². The third-order valence-electron chi connectivity index (χ3n) is 4.67. The summed E-state index contributed by atoms with van der Waals surface area (Å²) in [5, 5.41) is 3.95. The Kier molecular flexibility index (Phi) is 5.12. The lowest BCUT2D eigenvalue weighted by molar-refractivity contribution is 0.1000. The summed E-state index contributed by atoms with van der Waals surface area (Å²) in [6.07, 6.45) is 0. The Labute approximate surface area is 152 Å². The molecule has 0 saturated carbocycles. The van der Waals surface area contributed by atoms with E-state index in [2.05, 4.69) is 10.1 Å². The number of hydrogen-bond acceptors (Lipinski definition) is 6. The summed E-state index contributed by atoms with van der Waals surface area (Å²) >= 11 is 0. The van der Waals surface area contributed by atoms with Crippen LogP contribution in [0.2, 0.25) is 0 Å². The number of primary amides is 1. The Morgan fingerprint density at radius 1 is 1.15 bits per heavy atom. The maximum atomic E-state index is 12.8. The first-order chi connectivity index (χ1) is 12.3. The number of nitrogens with zero attached hydrogens (tertiary/aromatic N) is 3. The van der Waals surface area contributed by atoms with E-state index in [0.717, 1.165) is 17.0 Å². The molecule has 2 N–H and O–H groups in total. The zero-order chi connectivity index (χ0) is 18.9. The lowest BCUT2D eigenvalue weighted by Gasteiger charge is -2.33. The van der Waals surface area contributed by atoms with Gasteiger partial charge in [-0.25, -0.2) is 8.42 Å². The molecule has 1 saturated heterocycles. The largest absolute Gasteiger partial charge is 0.366 e. The fourth-order valence-corrected chi connectivity index (χ4v) is 4.44. The Morgan fingerprint density at radius 2 is 1.77 bits per heavy atom. The molecule has 0 radical (unpaired) electrons. The number of aromatic nitrogens is 1. The SMILES string of the molecule is Cc1noc(C)c1CN1CCN(S(=O)(=O)c2ccc(C(N)=O)cc2)CC1. The number of rotatable bonds is 5. The maximum Gasteiger partial charge on any atom is 0.248 e. The molecule has 1 aromatic heterocycles. The summed E-state index contributed by atoms with van der Waals surface area (Å²) in [7, 11) is -3.58. The van der Waals surface area contributed by atoms with E-state index in [1.54, 1.807) is 0 Å². The van der Waals surface area contributed by atoms with E-state index >= 15 is 0 Å². The van der Waals surface area contributed by atoms with Crippen LogP contribution in [-0.2, 0) is 16.6 Å². The van der Waals surface area contributed by atoms with Crippen LogP contribution >= 0.6 is 0 Å². The van der Waals surface area contributed by atoms with Gasteiger partial charge in [0.1, 0.15) is 5.76 Å². The number of hydrogen-bond donors (Lipinski definition) is 1. The molecular weight excluding hydrogens is 356 g/mol. The molecule has 1 aliphatic rings. The van der Waals surface area contributed by atoms with Crippen LogP contribution in [0.15, 0.2) is 33.7 Å². The molecule has 0 bridgehead atoms. The van der Waals surface area contributed by atoms with Gasteiger partial charge in [0.15, 0.2) is 0 Å². The molecule has 26 heavy (non-hydrogen) atoms. The summed E-state index contributed by atoms with van der Waals surface area (Å²) in [5.74, 6) is 0.217. The van der Waals surface area contributed by atoms with Crippen LogP contribution in [0.5, 0.6) is 0 Å². The summed E-state index contributed by atoms with van der Waals surface area (Å²) in [4.78, 5) is 13.5. The van der Waals surface area contributed by atoms with E-state index in [4.69, 9.17) is 10.3 Å². The summed E-state index contributed by atoms with van der Waals surface area (Å²) in [6, 6.07) is 5.71. The highest BCUT2D eigenvalue weighted by atomic mass is 32.2. The normalized spacial score (nSPS) is 16.7. The summed E-state index contributed by atoms with van der Waals surface area (Å²) < 4.78 is 32.2. The van der Waals surface area contributed by atoms with Crippen molar-refractivity contribution in [3.05, 3.63) is 46.8 Å². The first-order valence-corrected chi connectivity index (χ1v) is 9.77. The average molecular weight is 378 g/mol. The zero-order valence-electron chi connectivity index (χ0n) is 14.8. The lowest BCUT2D eigenvalue weighted by atomic mass is 10.2. The van der Waals surface area contributed by atoms with Gasteiger partial charge in [-0.05, 0) is 38.1 Å². The van der Waals surface area contributed by atoms with Crippen LogP contribution in [-0.4, -0.2) is 54.9 Å². The minimum absolute atomic E-state index is 0.168. The van der Waals surface area contributed by atoms with Crippen molar-refractivity contribution >= 4 is 15.9 Å². The molecular formula is C17H22N4O4S. The second-order valence-corrected chi connectivity index (χ2v) is 8.31. The van der Waals surface area contributed by atoms with Crippen LogP contribution in [0, 0.1) is 13.8 Å². The minimum Gasteiger partial charge on any atom is -0.366 e. The van der Waals surface area contributed by atoms with Crippen molar-refractivity contribution in [2.24, 2.45) is 5.73 Å². The summed E-state index contributed by atoms with van der Waals surface area (Å²) in [5.41, 5.74) is 7.40. The van der Waals surface area contributed by atoms with Gasteiger partial charge in [-0.15, -0.1) is 0 Å². The number of carbonyl (C=O) groups is 1. The highest BCUT2D eigenvalue weighted by Crippen LogP contribution is 2.20. The van der Waals surface area contributed by atoms with Gasteiger partial charge in [-0.2, -0.15) is 4.31 Å². The Bertz CT molecular complexity index is 878. The van der Waals surface area contributed by atoms with Crippen molar-refractivity contribution in [2.75, 3.05) is 26.2 Å². The molecule has 140 valence electrons. The average Bonchev–Trinajstić information content (AvgIpc) is 2.94. The molecule has 1 amide bonds. The number of carbonyl (C=O) groups excluding carboxylic acids is 1. The molecule has 0 unspecified atom stereocenters. The maximum absolute atomic E-state index is 12.8. The van der Waals surface area contributed by atoms with Gasteiger partial charge in [0.2, 0.25) is 15.9 Å². The molecule has 0 spiro atoms. The molecule has 1 fully saturated rings. The smallest absolute Gasteiger partial charge is 0.248 e. The number of sulfonamides is 1. The van der Waals surface area contributed by atoms with E-state index in [1.807, 2.05) is 13.8 Å². The Morgan fingerprint density at radius 3 is 2.27 bits per heavy atom. The quantitative estimate of drug-likeness (QED) is 0.828. The van der Waals surface area contributed by atoms with Gasteiger partial charge in [0.05, 0.1) is 10.6 Å². The van der Waals surface area contributed by atoms with Crippen LogP contribution in [0.4, 0.5) is 0 Å². The first kappa shape index (κ1) is 18.6. The minimum atomic E-state index is -3.58. The van der Waals surface area contributed by atoms with E-state index in [0.29, 0.717) is 32.7 Å². The number of aryl methyl sites for hydroxylation is 2. The number of nitrogens with two attached hydrogens (primary N) is 1. The van der Waals surface area contributed by atoms with Crippen LogP contribution in [0.25, 0.3) is 0 Å². The monoisotopic (exact) mass is 378 g/mol. The molecule has 1 aromatic carbocycles. The van der Waals surface area contributed by atoms with Gasteiger partial charge < -0.3 is 10.3 Å². The number of benzene rings is 1. The van der Waals surface area contributed by atoms with E-state index in [-0.39, 0.29) is 10.5 Å². The van der Waals surface area contributed by atoms with Crippen molar-refractivity contribution in [3.8, 4) is 0 Å².